The highest BCUT2D eigenvalue weighted by Gasteiger charge is 2.45. The zero-order chi connectivity index (χ0) is 30.1. The van der Waals surface area contributed by atoms with Crippen molar-refractivity contribution in [1.29, 1.82) is 0 Å². The monoisotopic (exact) mass is 596 g/mol. The molecule has 2 N–H and O–H groups in total. The predicted octanol–water partition coefficient (Wildman–Crippen LogP) is 4.09. The van der Waals surface area contributed by atoms with Crippen molar-refractivity contribution in [1.82, 2.24) is 10.2 Å². The number of benzene rings is 2. The fraction of sp³-hybridized carbons (Fsp3) is 0.259. The van der Waals surface area contributed by atoms with Crippen molar-refractivity contribution in [2.45, 2.75) is 12.1 Å². The lowest BCUT2D eigenvalue weighted by Gasteiger charge is -2.32. The molecule has 9 nitrogen and oxygen atoms in total. The third-order valence-electron chi connectivity index (χ3n) is 6.52. The van der Waals surface area contributed by atoms with Crippen molar-refractivity contribution >= 4 is 35.4 Å². The van der Waals surface area contributed by atoms with Crippen molar-refractivity contribution in [3.05, 3.63) is 92.3 Å². The van der Waals surface area contributed by atoms with E-state index < -0.39 is 82.1 Å². The number of amides is 2. The van der Waals surface area contributed by atoms with Crippen LogP contribution < -0.4 is 5.32 Å². The van der Waals surface area contributed by atoms with E-state index in [-0.39, 0.29) is 30.0 Å². The first-order chi connectivity index (χ1) is 19.4. The number of carboxylic acid groups (broad SMARTS) is 1. The Morgan fingerprint density at radius 2 is 1.66 bits per heavy atom. The maximum atomic E-state index is 14.2. The van der Waals surface area contributed by atoms with Crippen molar-refractivity contribution < 1.29 is 51.3 Å². The van der Waals surface area contributed by atoms with Crippen LogP contribution in [0.2, 0.25) is 5.02 Å². The molecule has 2 aliphatic rings. The highest BCUT2D eigenvalue weighted by Crippen LogP contribution is 2.46. The molecule has 4 rings (SSSR count). The third-order valence-corrected chi connectivity index (χ3v) is 6.84. The minimum absolute atomic E-state index is 0.209. The number of allylic oxidation sites excluding steroid dienone is 1. The average Bonchev–Trinajstić information content (AvgIpc) is 3.17. The van der Waals surface area contributed by atoms with Crippen molar-refractivity contribution in [2.24, 2.45) is 0 Å². The number of ether oxygens (including phenoxy) is 2. The van der Waals surface area contributed by atoms with Crippen LogP contribution >= 0.6 is 11.6 Å². The van der Waals surface area contributed by atoms with Crippen molar-refractivity contribution in [3.63, 3.8) is 0 Å². The zero-order valence-corrected chi connectivity index (χ0v) is 21.9. The number of carboxylic acids is 1. The van der Waals surface area contributed by atoms with Crippen LogP contribution in [0.25, 0.3) is 0 Å². The van der Waals surface area contributed by atoms with E-state index in [1.54, 1.807) is 12.1 Å². The molecule has 2 heterocycles. The number of halogens is 5. The van der Waals surface area contributed by atoms with Crippen LogP contribution in [-0.4, -0.2) is 67.3 Å². The number of methoxy groups -OCH3 is 1. The van der Waals surface area contributed by atoms with Gasteiger partial charge in [-0.3, -0.25) is 14.5 Å². The van der Waals surface area contributed by atoms with Crippen LogP contribution in [0.1, 0.15) is 37.8 Å². The molecule has 2 aromatic carbocycles. The maximum absolute atomic E-state index is 14.2. The summed E-state index contributed by atoms with van der Waals surface area (Å²) in [6.07, 6.45) is -5.07. The molecule has 0 radical (unpaired) electrons. The Bertz CT molecular complexity index is 1470. The number of carbonyl (C=O) groups is 4. The van der Waals surface area contributed by atoms with E-state index in [0.717, 1.165) is 30.2 Å². The van der Waals surface area contributed by atoms with Gasteiger partial charge in [-0.1, -0.05) is 35.9 Å². The lowest BCUT2D eigenvalue weighted by molar-refractivity contribution is -0.140. The summed E-state index contributed by atoms with van der Waals surface area (Å²) in [6.45, 7) is -2.52. The second-order valence-electron chi connectivity index (χ2n) is 8.83. The Balaban J connectivity index is 1.69. The Morgan fingerprint density at radius 3 is 2.20 bits per heavy atom. The van der Waals surface area contributed by atoms with Crippen molar-refractivity contribution in [2.75, 3.05) is 33.5 Å². The van der Waals surface area contributed by atoms with Gasteiger partial charge < -0.3 is 19.9 Å². The second kappa shape index (κ2) is 11.7. The molecule has 0 saturated heterocycles. The summed E-state index contributed by atoms with van der Waals surface area (Å²) in [5.41, 5.74) is -4.00. The number of alkyl halides is 4. The maximum Gasteiger partial charge on any atom is 0.418 e. The van der Waals surface area contributed by atoms with E-state index >= 15 is 0 Å². The minimum Gasteiger partial charge on any atom is -0.478 e. The Kier molecular flexibility index (Phi) is 8.50. The SMILES string of the molecule is COC(=O)C1=C(CF)NC(COCCN2C(=O)c3ccccc3C2=O)=C(C(=O)O)C1c1cccc(Cl)c1C(F)(F)F. The van der Waals surface area contributed by atoms with Gasteiger partial charge in [0.15, 0.2) is 0 Å². The molecule has 0 saturated carbocycles. The van der Waals surface area contributed by atoms with Crippen LogP contribution in [0.4, 0.5) is 17.6 Å². The molecule has 0 fully saturated rings. The highest BCUT2D eigenvalue weighted by atomic mass is 35.5. The summed E-state index contributed by atoms with van der Waals surface area (Å²) >= 11 is 5.86. The number of fused-ring (bicyclic) bond motifs is 1. The first-order valence-corrected chi connectivity index (χ1v) is 12.3. The van der Waals surface area contributed by atoms with E-state index in [0.29, 0.717) is 0 Å². The number of dihydropyridines is 1. The number of hydrogen-bond donors (Lipinski definition) is 2. The van der Waals surface area contributed by atoms with E-state index in [1.807, 2.05) is 0 Å². The number of aliphatic carboxylic acids is 1. The van der Waals surface area contributed by atoms with E-state index in [2.05, 4.69) is 10.1 Å². The fourth-order valence-corrected chi connectivity index (χ4v) is 5.09. The molecule has 2 aromatic rings. The first kappa shape index (κ1) is 29.7. The highest BCUT2D eigenvalue weighted by molar-refractivity contribution is 6.31. The van der Waals surface area contributed by atoms with Crippen LogP contribution in [0.3, 0.4) is 0 Å². The van der Waals surface area contributed by atoms with Crippen LogP contribution in [0.5, 0.6) is 0 Å². The summed E-state index contributed by atoms with van der Waals surface area (Å²) in [5.74, 6) is -6.04. The topological polar surface area (TPSA) is 122 Å². The van der Waals surface area contributed by atoms with Gasteiger partial charge in [0.05, 0.1) is 77.0 Å². The van der Waals surface area contributed by atoms with Gasteiger partial charge in [0.2, 0.25) is 0 Å². The van der Waals surface area contributed by atoms with Gasteiger partial charge in [0, 0.05) is 0 Å². The van der Waals surface area contributed by atoms with Crippen LogP contribution in [-0.2, 0) is 25.2 Å². The van der Waals surface area contributed by atoms with Crippen molar-refractivity contribution in [3.8, 4) is 0 Å². The number of rotatable bonds is 9. The quantitative estimate of drug-likeness (QED) is 0.192. The van der Waals surface area contributed by atoms with Gasteiger partial charge in [-0.15, -0.1) is 0 Å². The number of imide groups is 1. The van der Waals surface area contributed by atoms with E-state index in [4.69, 9.17) is 16.3 Å². The lowest BCUT2D eigenvalue weighted by atomic mass is 9.78. The van der Waals surface area contributed by atoms with Crippen LogP contribution in [0.15, 0.2) is 65.0 Å². The summed E-state index contributed by atoms with van der Waals surface area (Å²) in [5, 5.41) is 11.8. The first-order valence-electron chi connectivity index (χ1n) is 11.9. The molecule has 0 aromatic heterocycles. The zero-order valence-electron chi connectivity index (χ0n) is 21.2. The van der Waals surface area contributed by atoms with Gasteiger partial charge in [0.1, 0.15) is 6.67 Å². The molecule has 41 heavy (non-hydrogen) atoms. The molecule has 2 aliphatic heterocycles. The number of hydrogen-bond acceptors (Lipinski definition) is 7. The summed E-state index contributed by atoms with van der Waals surface area (Å²) in [7, 11) is 0.910. The Morgan fingerprint density at radius 1 is 1.02 bits per heavy atom. The standard InChI is InChI=1S/C27H21ClF4N2O7/c1-40-26(39)21-17(11-29)33-18(12-41-10-9-34-23(35)13-5-2-3-6-14(13)24(34)36)20(25(37)38)19(21)15-7-4-8-16(28)22(15)27(30,31)32/h2-8,19,33H,9-12H2,1H3,(H,37,38). The fourth-order valence-electron chi connectivity index (χ4n) is 4.80. The summed E-state index contributed by atoms with van der Waals surface area (Å²) in [4.78, 5) is 51.2. The molecule has 1 atom stereocenters. The summed E-state index contributed by atoms with van der Waals surface area (Å²) < 4.78 is 66.6. The molecular formula is C27H21ClF4N2O7. The molecule has 2 amide bonds. The van der Waals surface area contributed by atoms with Gasteiger partial charge >= 0.3 is 18.1 Å². The number of nitrogens with one attached hydrogen (secondary N) is 1. The Labute approximate surface area is 235 Å². The van der Waals surface area contributed by atoms with Gasteiger partial charge in [-0.25, -0.2) is 14.0 Å². The number of nitrogens with zero attached hydrogens (tertiary/aromatic N) is 1. The number of esters is 1. The normalized spacial score (nSPS) is 17.1. The third kappa shape index (κ3) is 5.55. The molecule has 0 aliphatic carbocycles. The molecule has 1 unspecified atom stereocenters. The molecular weight excluding hydrogens is 576 g/mol. The van der Waals surface area contributed by atoms with Gasteiger partial charge in [0.25, 0.3) is 11.8 Å². The number of carbonyl (C=O) groups excluding carboxylic acids is 3. The van der Waals surface area contributed by atoms with Gasteiger partial charge in [-0.2, -0.15) is 13.2 Å². The average molecular weight is 597 g/mol. The van der Waals surface area contributed by atoms with Crippen LogP contribution in [0, 0.1) is 0 Å². The Hall–Kier alpha value is -4.23. The molecule has 216 valence electrons. The largest absolute Gasteiger partial charge is 0.478 e. The molecule has 14 heteroatoms. The van der Waals surface area contributed by atoms with E-state index in [1.165, 1.54) is 12.1 Å². The smallest absolute Gasteiger partial charge is 0.418 e. The van der Waals surface area contributed by atoms with Gasteiger partial charge in [-0.05, 0) is 23.8 Å². The summed E-state index contributed by atoms with van der Waals surface area (Å²) in [6, 6.07) is 9.18. The minimum atomic E-state index is -5.07. The lowest BCUT2D eigenvalue weighted by Crippen LogP contribution is -2.37. The molecule has 0 spiro atoms. The predicted molar refractivity (Wildman–Crippen MR) is 135 cm³/mol. The molecule has 0 bridgehead atoms. The second-order valence-corrected chi connectivity index (χ2v) is 9.24. The van der Waals surface area contributed by atoms with E-state index in [9.17, 15) is 41.8 Å².